The maximum absolute atomic E-state index is 5.72. The van der Waals surface area contributed by atoms with Crippen LogP contribution in [-0.4, -0.2) is 29.7 Å². The predicted molar refractivity (Wildman–Crippen MR) is 62.2 cm³/mol. The fraction of sp³-hybridized carbons (Fsp3) is 0.667. The molecule has 2 N–H and O–H groups in total. The fourth-order valence-electron chi connectivity index (χ4n) is 2.36. The average Bonchev–Trinajstić information content (AvgIpc) is 2.31. The summed E-state index contributed by atoms with van der Waals surface area (Å²) in [4.78, 5) is 8.55. The number of aromatic nitrogens is 2. The van der Waals surface area contributed by atoms with Gasteiger partial charge in [-0.1, -0.05) is 0 Å². The van der Waals surface area contributed by atoms with E-state index in [1.165, 1.54) is 5.56 Å². The molecule has 4 nitrogen and oxygen atoms in total. The number of hydrogen-bond donors (Lipinski definition) is 1. The van der Waals surface area contributed by atoms with Crippen LogP contribution >= 0.6 is 0 Å². The quantitative estimate of drug-likeness (QED) is 0.832. The van der Waals surface area contributed by atoms with E-state index in [1.807, 2.05) is 19.3 Å². The average molecular weight is 221 g/mol. The Labute approximate surface area is 96.2 Å². The Hall–Kier alpha value is -1.00. The van der Waals surface area contributed by atoms with Crippen LogP contribution in [0.3, 0.4) is 0 Å². The maximum Gasteiger partial charge on any atom is 0.125 e. The van der Waals surface area contributed by atoms with Crippen LogP contribution < -0.4 is 5.73 Å². The first kappa shape index (κ1) is 11.5. The summed E-state index contributed by atoms with van der Waals surface area (Å²) in [5, 5.41) is 0. The molecule has 0 aliphatic carbocycles. The highest BCUT2D eigenvalue weighted by Crippen LogP contribution is 2.35. The second kappa shape index (κ2) is 4.89. The summed E-state index contributed by atoms with van der Waals surface area (Å²) >= 11 is 0. The van der Waals surface area contributed by atoms with Crippen molar-refractivity contribution >= 4 is 0 Å². The second-order valence-electron chi connectivity index (χ2n) is 4.49. The molecular formula is C12H19N3O. The third-order valence-corrected chi connectivity index (χ3v) is 3.34. The van der Waals surface area contributed by atoms with Gasteiger partial charge in [0.25, 0.3) is 0 Å². The molecule has 2 rings (SSSR count). The van der Waals surface area contributed by atoms with E-state index in [0.29, 0.717) is 6.54 Å². The predicted octanol–water partition coefficient (Wildman–Crippen LogP) is 1.18. The molecule has 88 valence electrons. The molecule has 1 unspecified atom stereocenters. The van der Waals surface area contributed by atoms with Gasteiger partial charge in [0, 0.05) is 24.4 Å². The first-order chi connectivity index (χ1) is 7.77. The molecule has 16 heavy (non-hydrogen) atoms. The molecule has 0 spiro atoms. The third-order valence-electron chi connectivity index (χ3n) is 3.34. The van der Waals surface area contributed by atoms with E-state index in [4.69, 9.17) is 10.5 Å². The minimum absolute atomic E-state index is 0.0424. The van der Waals surface area contributed by atoms with Crippen LogP contribution in [0, 0.1) is 6.92 Å². The van der Waals surface area contributed by atoms with Gasteiger partial charge in [-0.25, -0.2) is 9.97 Å². The first-order valence-electron chi connectivity index (χ1n) is 5.84. The van der Waals surface area contributed by atoms with Gasteiger partial charge < -0.3 is 10.5 Å². The summed E-state index contributed by atoms with van der Waals surface area (Å²) in [5.74, 6) is 0.809. The number of ether oxygens (including phenoxy) is 1. The number of nitrogens with zero attached hydrogens (tertiary/aromatic N) is 2. The molecule has 1 aliphatic heterocycles. The Balaban J connectivity index is 2.26. The van der Waals surface area contributed by atoms with Gasteiger partial charge in [-0.05, 0) is 38.3 Å². The molecule has 1 aliphatic rings. The van der Waals surface area contributed by atoms with Gasteiger partial charge in [-0.2, -0.15) is 0 Å². The molecule has 0 radical (unpaired) electrons. The largest absolute Gasteiger partial charge is 0.381 e. The highest BCUT2D eigenvalue weighted by molar-refractivity contribution is 5.20. The third kappa shape index (κ3) is 2.23. The van der Waals surface area contributed by atoms with E-state index in [0.717, 1.165) is 38.3 Å². The SMILES string of the molecule is Cc1ncc(C2(CCN)CCCOC2)cn1. The van der Waals surface area contributed by atoms with Crippen LogP contribution in [0.1, 0.15) is 30.7 Å². The number of rotatable bonds is 3. The monoisotopic (exact) mass is 221 g/mol. The summed E-state index contributed by atoms with van der Waals surface area (Å²) in [6.07, 6.45) is 7.00. The van der Waals surface area contributed by atoms with Gasteiger partial charge in [0.05, 0.1) is 6.61 Å². The van der Waals surface area contributed by atoms with Gasteiger partial charge in [-0.15, -0.1) is 0 Å². The highest BCUT2D eigenvalue weighted by Gasteiger charge is 2.34. The van der Waals surface area contributed by atoms with Crippen LogP contribution in [0.4, 0.5) is 0 Å². The van der Waals surface area contributed by atoms with Crippen molar-refractivity contribution in [3.63, 3.8) is 0 Å². The Morgan fingerprint density at radius 3 is 2.75 bits per heavy atom. The summed E-state index contributed by atoms with van der Waals surface area (Å²) in [6, 6.07) is 0. The molecule has 1 atom stereocenters. The maximum atomic E-state index is 5.72. The Kier molecular flexibility index (Phi) is 3.51. The molecule has 1 aromatic rings. The lowest BCUT2D eigenvalue weighted by atomic mass is 9.75. The smallest absolute Gasteiger partial charge is 0.125 e. The Morgan fingerprint density at radius 1 is 1.44 bits per heavy atom. The summed E-state index contributed by atoms with van der Waals surface area (Å²) in [5.41, 5.74) is 6.93. The summed E-state index contributed by atoms with van der Waals surface area (Å²) in [7, 11) is 0. The van der Waals surface area contributed by atoms with E-state index in [9.17, 15) is 0 Å². The van der Waals surface area contributed by atoms with E-state index < -0.39 is 0 Å². The van der Waals surface area contributed by atoms with Gasteiger partial charge in [-0.3, -0.25) is 0 Å². The molecule has 0 saturated carbocycles. The molecule has 1 saturated heterocycles. The standard InChI is InChI=1S/C12H19N3O/c1-10-14-7-11(8-15-10)12(4-5-13)3-2-6-16-9-12/h7-8H,2-6,9,13H2,1H3. The minimum atomic E-state index is 0.0424. The van der Waals surface area contributed by atoms with Crippen molar-refractivity contribution < 1.29 is 4.74 Å². The van der Waals surface area contributed by atoms with Crippen LogP contribution in [0.2, 0.25) is 0 Å². The van der Waals surface area contributed by atoms with Crippen molar-refractivity contribution in [2.45, 2.75) is 31.6 Å². The number of aryl methyl sites for hydroxylation is 1. The normalized spacial score (nSPS) is 25.6. The van der Waals surface area contributed by atoms with E-state index >= 15 is 0 Å². The molecule has 1 fully saturated rings. The fourth-order valence-corrected chi connectivity index (χ4v) is 2.36. The van der Waals surface area contributed by atoms with Crippen LogP contribution in [0.5, 0.6) is 0 Å². The van der Waals surface area contributed by atoms with Crippen molar-refractivity contribution in [1.29, 1.82) is 0 Å². The van der Waals surface area contributed by atoms with Gasteiger partial charge in [0.2, 0.25) is 0 Å². The zero-order chi connectivity index (χ0) is 11.4. The molecule has 0 aromatic carbocycles. The Morgan fingerprint density at radius 2 is 2.19 bits per heavy atom. The second-order valence-corrected chi connectivity index (χ2v) is 4.49. The van der Waals surface area contributed by atoms with Gasteiger partial charge in [0.15, 0.2) is 0 Å². The first-order valence-corrected chi connectivity index (χ1v) is 5.84. The van der Waals surface area contributed by atoms with Gasteiger partial charge in [0.1, 0.15) is 5.82 Å². The number of hydrogen-bond acceptors (Lipinski definition) is 4. The lowest BCUT2D eigenvalue weighted by Gasteiger charge is -2.36. The molecular weight excluding hydrogens is 202 g/mol. The van der Waals surface area contributed by atoms with Gasteiger partial charge >= 0.3 is 0 Å². The van der Waals surface area contributed by atoms with Crippen molar-refractivity contribution in [3.05, 3.63) is 23.8 Å². The lowest BCUT2D eigenvalue weighted by Crippen LogP contribution is -2.38. The topological polar surface area (TPSA) is 61.0 Å². The van der Waals surface area contributed by atoms with Crippen molar-refractivity contribution in [1.82, 2.24) is 9.97 Å². The van der Waals surface area contributed by atoms with Crippen molar-refractivity contribution in [2.75, 3.05) is 19.8 Å². The lowest BCUT2D eigenvalue weighted by molar-refractivity contribution is 0.0309. The van der Waals surface area contributed by atoms with E-state index in [1.54, 1.807) is 0 Å². The zero-order valence-corrected chi connectivity index (χ0v) is 9.78. The van der Waals surface area contributed by atoms with E-state index in [-0.39, 0.29) is 5.41 Å². The van der Waals surface area contributed by atoms with Crippen LogP contribution in [-0.2, 0) is 10.2 Å². The van der Waals surface area contributed by atoms with Crippen LogP contribution in [0.25, 0.3) is 0 Å². The molecule has 4 heteroatoms. The van der Waals surface area contributed by atoms with Crippen LogP contribution in [0.15, 0.2) is 12.4 Å². The number of nitrogens with two attached hydrogens (primary N) is 1. The molecule has 2 heterocycles. The van der Waals surface area contributed by atoms with Crippen molar-refractivity contribution in [2.24, 2.45) is 5.73 Å². The van der Waals surface area contributed by atoms with Crippen molar-refractivity contribution in [3.8, 4) is 0 Å². The van der Waals surface area contributed by atoms with E-state index in [2.05, 4.69) is 9.97 Å². The zero-order valence-electron chi connectivity index (χ0n) is 9.78. The summed E-state index contributed by atoms with van der Waals surface area (Å²) < 4.78 is 5.61. The Bertz CT molecular complexity index is 325. The minimum Gasteiger partial charge on any atom is -0.381 e. The highest BCUT2D eigenvalue weighted by atomic mass is 16.5. The molecule has 1 aromatic heterocycles. The molecule has 0 amide bonds. The summed E-state index contributed by atoms with van der Waals surface area (Å²) in [6.45, 7) is 4.18. The molecule has 0 bridgehead atoms.